The van der Waals surface area contributed by atoms with E-state index in [1.165, 1.54) is 56.9 Å². The van der Waals surface area contributed by atoms with Gasteiger partial charge < -0.3 is 0 Å². The molecule has 132 valence electrons. The average Bonchev–Trinajstić information content (AvgIpc) is 2.63. The molecule has 0 radical (unpaired) electrons. The lowest BCUT2D eigenvalue weighted by Crippen LogP contribution is -2.27. The van der Waals surface area contributed by atoms with E-state index in [9.17, 15) is 0 Å². The van der Waals surface area contributed by atoms with Gasteiger partial charge in [0.25, 0.3) is 0 Å². The van der Waals surface area contributed by atoms with Gasteiger partial charge in [0.2, 0.25) is 0 Å². The van der Waals surface area contributed by atoms with Crippen LogP contribution in [0, 0.1) is 24.7 Å². The van der Waals surface area contributed by atoms with Gasteiger partial charge in [0, 0.05) is 3.92 Å². The molecular formula is C23H33I. The molecular weight excluding hydrogens is 403 g/mol. The maximum Gasteiger partial charge on any atom is 0.0317 e. The summed E-state index contributed by atoms with van der Waals surface area (Å²) in [6.07, 6.45) is 16.3. The van der Waals surface area contributed by atoms with Gasteiger partial charge in [-0.3, -0.25) is 0 Å². The Kier molecular flexibility index (Phi) is 6.83. The molecule has 0 amide bonds. The van der Waals surface area contributed by atoms with Gasteiger partial charge in [0.15, 0.2) is 0 Å². The number of rotatable bonds is 4. The van der Waals surface area contributed by atoms with Gasteiger partial charge in [-0.15, -0.1) is 0 Å². The van der Waals surface area contributed by atoms with Gasteiger partial charge >= 0.3 is 0 Å². The SMILES string of the molecule is CC=CC(I)C1CCC(C2CCC(c3ccc(C)cc3)CC2)CC1. The number of benzene rings is 1. The molecule has 1 aromatic rings. The predicted molar refractivity (Wildman–Crippen MR) is 114 cm³/mol. The zero-order valence-electron chi connectivity index (χ0n) is 15.4. The van der Waals surface area contributed by atoms with E-state index in [1.807, 2.05) is 0 Å². The van der Waals surface area contributed by atoms with Gasteiger partial charge in [-0.25, -0.2) is 0 Å². The van der Waals surface area contributed by atoms with Crippen molar-refractivity contribution in [2.45, 2.75) is 75.1 Å². The van der Waals surface area contributed by atoms with Gasteiger partial charge in [-0.05, 0) is 94.4 Å². The smallest absolute Gasteiger partial charge is 0.0317 e. The minimum atomic E-state index is 0.755. The highest BCUT2D eigenvalue weighted by molar-refractivity contribution is 14.1. The third-order valence-electron chi connectivity index (χ3n) is 6.63. The summed E-state index contributed by atoms with van der Waals surface area (Å²) in [4.78, 5) is 0. The highest BCUT2D eigenvalue weighted by Crippen LogP contribution is 2.45. The minimum absolute atomic E-state index is 0.755. The Bertz CT molecular complexity index is 513. The number of hydrogen-bond acceptors (Lipinski definition) is 0. The van der Waals surface area contributed by atoms with Crippen molar-refractivity contribution in [1.29, 1.82) is 0 Å². The predicted octanol–water partition coefficient (Wildman–Crippen LogP) is 7.45. The first-order valence-corrected chi connectivity index (χ1v) is 11.3. The molecule has 0 nitrogen and oxygen atoms in total. The van der Waals surface area contributed by atoms with Crippen LogP contribution >= 0.6 is 22.6 Å². The molecule has 0 saturated heterocycles. The fraction of sp³-hybridized carbons (Fsp3) is 0.652. The maximum absolute atomic E-state index is 2.65. The molecule has 0 bridgehead atoms. The Morgan fingerprint density at radius 3 is 1.96 bits per heavy atom. The lowest BCUT2D eigenvalue weighted by atomic mass is 9.68. The van der Waals surface area contributed by atoms with Crippen molar-refractivity contribution >= 4 is 22.6 Å². The summed E-state index contributed by atoms with van der Waals surface area (Å²) in [5, 5.41) is 0. The van der Waals surface area contributed by atoms with E-state index < -0.39 is 0 Å². The lowest BCUT2D eigenvalue weighted by Gasteiger charge is -2.38. The van der Waals surface area contributed by atoms with Crippen molar-refractivity contribution in [3.05, 3.63) is 47.5 Å². The molecule has 2 saturated carbocycles. The van der Waals surface area contributed by atoms with E-state index >= 15 is 0 Å². The number of hydrogen-bond donors (Lipinski definition) is 0. The van der Waals surface area contributed by atoms with Gasteiger partial charge in [-0.2, -0.15) is 0 Å². The van der Waals surface area contributed by atoms with Crippen molar-refractivity contribution < 1.29 is 0 Å². The maximum atomic E-state index is 2.65. The third-order valence-corrected chi connectivity index (χ3v) is 8.06. The molecule has 0 N–H and O–H groups in total. The monoisotopic (exact) mass is 436 g/mol. The molecule has 2 aliphatic rings. The molecule has 24 heavy (non-hydrogen) atoms. The normalized spacial score (nSPS) is 32.8. The number of allylic oxidation sites excluding steroid dienone is 2. The van der Waals surface area contributed by atoms with Crippen molar-refractivity contribution in [1.82, 2.24) is 0 Å². The van der Waals surface area contributed by atoms with Crippen LogP contribution in [0.25, 0.3) is 0 Å². The second-order valence-electron chi connectivity index (χ2n) is 8.17. The van der Waals surface area contributed by atoms with E-state index in [0.29, 0.717) is 0 Å². The molecule has 2 aliphatic carbocycles. The summed E-state index contributed by atoms with van der Waals surface area (Å²) >= 11 is 2.65. The van der Waals surface area contributed by atoms with Crippen LogP contribution in [0.3, 0.4) is 0 Å². The van der Waals surface area contributed by atoms with Crippen LogP contribution in [0.4, 0.5) is 0 Å². The summed E-state index contributed by atoms with van der Waals surface area (Å²) in [5.41, 5.74) is 2.97. The van der Waals surface area contributed by atoms with Crippen LogP contribution in [0.5, 0.6) is 0 Å². The van der Waals surface area contributed by atoms with Gasteiger partial charge in [-0.1, -0.05) is 64.6 Å². The molecule has 1 atom stereocenters. The fourth-order valence-electron chi connectivity index (χ4n) is 5.04. The highest BCUT2D eigenvalue weighted by Gasteiger charge is 2.32. The second kappa shape index (κ2) is 8.87. The Labute approximate surface area is 162 Å². The summed E-state index contributed by atoms with van der Waals surface area (Å²) in [6, 6.07) is 9.31. The molecule has 3 rings (SSSR count). The van der Waals surface area contributed by atoms with E-state index in [1.54, 1.807) is 5.56 Å². The minimum Gasteiger partial charge on any atom is -0.0906 e. The first-order chi connectivity index (χ1) is 11.7. The second-order valence-corrected chi connectivity index (χ2v) is 9.61. The average molecular weight is 436 g/mol. The molecule has 1 aromatic carbocycles. The zero-order valence-corrected chi connectivity index (χ0v) is 17.5. The topological polar surface area (TPSA) is 0 Å². The molecule has 1 unspecified atom stereocenters. The van der Waals surface area contributed by atoms with Crippen molar-refractivity contribution in [2.75, 3.05) is 0 Å². The fourth-order valence-corrected chi connectivity index (χ4v) is 6.17. The summed E-state index contributed by atoms with van der Waals surface area (Å²) in [7, 11) is 0. The van der Waals surface area contributed by atoms with Crippen molar-refractivity contribution in [3.63, 3.8) is 0 Å². The van der Waals surface area contributed by atoms with Crippen LogP contribution in [-0.2, 0) is 0 Å². The van der Waals surface area contributed by atoms with E-state index in [4.69, 9.17) is 0 Å². The number of aryl methyl sites for hydroxylation is 1. The summed E-state index contributed by atoms with van der Waals surface area (Å²) in [5.74, 6) is 3.80. The molecule has 0 spiro atoms. The first-order valence-electron chi connectivity index (χ1n) is 10.0. The Balaban J connectivity index is 1.46. The zero-order chi connectivity index (χ0) is 16.9. The van der Waals surface area contributed by atoms with Crippen LogP contribution < -0.4 is 0 Å². The van der Waals surface area contributed by atoms with Crippen molar-refractivity contribution in [2.24, 2.45) is 17.8 Å². The highest BCUT2D eigenvalue weighted by atomic mass is 127. The molecule has 0 heterocycles. The molecule has 0 aromatic heterocycles. The Hall–Kier alpha value is -0.310. The Morgan fingerprint density at radius 1 is 0.875 bits per heavy atom. The van der Waals surface area contributed by atoms with Crippen LogP contribution in [-0.4, -0.2) is 3.92 Å². The molecule has 2 fully saturated rings. The van der Waals surface area contributed by atoms with E-state index in [0.717, 1.165) is 27.6 Å². The summed E-state index contributed by atoms with van der Waals surface area (Å²) in [6.45, 7) is 4.34. The molecule has 1 heteroatoms. The van der Waals surface area contributed by atoms with E-state index in [2.05, 4.69) is 72.9 Å². The van der Waals surface area contributed by atoms with Gasteiger partial charge in [0.05, 0.1) is 0 Å². The van der Waals surface area contributed by atoms with E-state index in [-0.39, 0.29) is 0 Å². The lowest BCUT2D eigenvalue weighted by molar-refractivity contribution is 0.163. The Morgan fingerprint density at radius 2 is 1.42 bits per heavy atom. The quantitative estimate of drug-likeness (QED) is 0.261. The number of halogens is 1. The molecule has 0 aliphatic heterocycles. The van der Waals surface area contributed by atoms with Crippen LogP contribution in [0.2, 0.25) is 0 Å². The van der Waals surface area contributed by atoms with Crippen LogP contribution in [0.15, 0.2) is 36.4 Å². The largest absolute Gasteiger partial charge is 0.0906 e. The third kappa shape index (κ3) is 4.65. The van der Waals surface area contributed by atoms with Gasteiger partial charge in [0.1, 0.15) is 0 Å². The standard InChI is InChI=1S/C23H33I/c1-3-4-23(24)22-15-13-21(14-16-22)20-11-9-19(10-12-20)18-7-5-17(2)6-8-18/h3-8,19-23H,9-16H2,1-2H3. The number of alkyl halides is 1. The van der Waals surface area contributed by atoms with Crippen molar-refractivity contribution in [3.8, 4) is 0 Å². The first kappa shape index (κ1) is 18.5. The summed E-state index contributed by atoms with van der Waals surface area (Å²) < 4.78 is 0.755. The van der Waals surface area contributed by atoms with Crippen LogP contribution in [0.1, 0.15) is 75.3 Å².